The van der Waals surface area contributed by atoms with Crippen LogP contribution in [-0.4, -0.2) is 17.1 Å². The smallest absolute Gasteiger partial charge is 0.129 e. The van der Waals surface area contributed by atoms with Gasteiger partial charge in [0.1, 0.15) is 18.1 Å². The third-order valence-electron chi connectivity index (χ3n) is 3.47. The molecule has 2 aromatic carbocycles. The standard InChI is InChI=1S/C19H18N2O2/c1-14-11-20-12-18(21-14)17-5-3-4-6-19(17)23-13-15-7-9-16(22-2)10-8-15/h3-12H,13H2,1-2H3. The molecule has 4 heteroatoms. The third-order valence-corrected chi connectivity index (χ3v) is 3.47. The summed E-state index contributed by atoms with van der Waals surface area (Å²) in [4.78, 5) is 8.73. The number of ether oxygens (including phenoxy) is 2. The van der Waals surface area contributed by atoms with Gasteiger partial charge in [0.25, 0.3) is 0 Å². The highest BCUT2D eigenvalue weighted by molar-refractivity contribution is 5.66. The summed E-state index contributed by atoms with van der Waals surface area (Å²) < 4.78 is 11.1. The molecule has 3 rings (SSSR count). The van der Waals surface area contributed by atoms with E-state index in [2.05, 4.69) is 9.97 Å². The van der Waals surface area contributed by atoms with Crippen molar-refractivity contribution in [2.24, 2.45) is 0 Å². The molecule has 0 unspecified atom stereocenters. The number of para-hydroxylation sites is 1. The molecule has 0 aliphatic rings. The Labute approximate surface area is 135 Å². The van der Waals surface area contributed by atoms with Gasteiger partial charge in [-0.3, -0.25) is 4.98 Å². The van der Waals surface area contributed by atoms with Crippen LogP contribution in [0, 0.1) is 6.92 Å². The first-order valence-electron chi connectivity index (χ1n) is 7.40. The van der Waals surface area contributed by atoms with Gasteiger partial charge in [-0.25, -0.2) is 4.98 Å². The molecule has 1 heterocycles. The maximum atomic E-state index is 5.98. The van der Waals surface area contributed by atoms with Crippen molar-refractivity contribution in [2.45, 2.75) is 13.5 Å². The van der Waals surface area contributed by atoms with Crippen LogP contribution in [0.4, 0.5) is 0 Å². The minimum absolute atomic E-state index is 0.486. The molecule has 1 aromatic heterocycles. The summed E-state index contributed by atoms with van der Waals surface area (Å²) in [6, 6.07) is 15.7. The summed E-state index contributed by atoms with van der Waals surface area (Å²) in [7, 11) is 1.66. The first-order chi connectivity index (χ1) is 11.3. The molecular weight excluding hydrogens is 288 g/mol. The van der Waals surface area contributed by atoms with E-state index in [1.807, 2.05) is 55.5 Å². The van der Waals surface area contributed by atoms with Crippen LogP contribution in [0.3, 0.4) is 0 Å². The number of rotatable bonds is 5. The Kier molecular flexibility index (Phi) is 4.52. The number of benzene rings is 2. The van der Waals surface area contributed by atoms with Crippen molar-refractivity contribution in [3.63, 3.8) is 0 Å². The lowest BCUT2D eigenvalue weighted by Gasteiger charge is -2.11. The van der Waals surface area contributed by atoms with E-state index in [4.69, 9.17) is 9.47 Å². The minimum atomic E-state index is 0.486. The largest absolute Gasteiger partial charge is 0.497 e. The normalized spacial score (nSPS) is 10.3. The number of methoxy groups -OCH3 is 1. The minimum Gasteiger partial charge on any atom is -0.497 e. The van der Waals surface area contributed by atoms with E-state index < -0.39 is 0 Å². The summed E-state index contributed by atoms with van der Waals surface area (Å²) in [5.41, 5.74) is 3.72. The van der Waals surface area contributed by atoms with Crippen molar-refractivity contribution in [2.75, 3.05) is 7.11 Å². The van der Waals surface area contributed by atoms with E-state index in [-0.39, 0.29) is 0 Å². The fraction of sp³-hybridized carbons (Fsp3) is 0.158. The molecular formula is C19H18N2O2. The van der Waals surface area contributed by atoms with Gasteiger partial charge in [-0.1, -0.05) is 24.3 Å². The van der Waals surface area contributed by atoms with Crippen LogP contribution < -0.4 is 9.47 Å². The van der Waals surface area contributed by atoms with E-state index in [0.717, 1.165) is 34.0 Å². The summed E-state index contributed by atoms with van der Waals surface area (Å²) >= 11 is 0. The lowest BCUT2D eigenvalue weighted by atomic mass is 10.1. The van der Waals surface area contributed by atoms with Crippen molar-refractivity contribution >= 4 is 0 Å². The highest BCUT2D eigenvalue weighted by Gasteiger charge is 2.08. The quantitative estimate of drug-likeness (QED) is 0.713. The van der Waals surface area contributed by atoms with Crippen LogP contribution in [0.25, 0.3) is 11.3 Å². The second-order valence-corrected chi connectivity index (χ2v) is 5.18. The van der Waals surface area contributed by atoms with Crippen molar-refractivity contribution in [1.29, 1.82) is 0 Å². The van der Waals surface area contributed by atoms with Gasteiger partial charge in [-0.05, 0) is 36.8 Å². The fourth-order valence-electron chi connectivity index (χ4n) is 2.28. The van der Waals surface area contributed by atoms with Crippen molar-refractivity contribution in [3.8, 4) is 22.8 Å². The fourth-order valence-corrected chi connectivity index (χ4v) is 2.28. The van der Waals surface area contributed by atoms with Crippen LogP contribution >= 0.6 is 0 Å². The number of aryl methyl sites for hydroxylation is 1. The lowest BCUT2D eigenvalue weighted by molar-refractivity contribution is 0.307. The molecule has 0 amide bonds. The van der Waals surface area contributed by atoms with Crippen molar-refractivity contribution in [3.05, 3.63) is 72.2 Å². The molecule has 0 atom stereocenters. The Morgan fingerprint density at radius 3 is 2.48 bits per heavy atom. The zero-order valence-corrected chi connectivity index (χ0v) is 13.2. The van der Waals surface area contributed by atoms with E-state index in [1.165, 1.54) is 0 Å². The van der Waals surface area contributed by atoms with Crippen LogP contribution in [-0.2, 0) is 6.61 Å². The number of nitrogens with zero attached hydrogens (tertiary/aromatic N) is 2. The topological polar surface area (TPSA) is 44.2 Å². The SMILES string of the molecule is COc1ccc(COc2ccccc2-c2cncc(C)n2)cc1. The lowest BCUT2D eigenvalue weighted by Crippen LogP contribution is -1.98. The summed E-state index contributed by atoms with van der Waals surface area (Å²) in [5.74, 6) is 1.63. The zero-order chi connectivity index (χ0) is 16.1. The van der Waals surface area contributed by atoms with Crippen LogP contribution in [0.5, 0.6) is 11.5 Å². The Morgan fingerprint density at radius 1 is 0.957 bits per heavy atom. The molecule has 4 nitrogen and oxygen atoms in total. The average molecular weight is 306 g/mol. The van der Waals surface area contributed by atoms with Gasteiger partial charge in [0.2, 0.25) is 0 Å². The third kappa shape index (κ3) is 3.66. The number of hydrogen-bond donors (Lipinski definition) is 0. The van der Waals surface area contributed by atoms with Crippen molar-refractivity contribution in [1.82, 2.24) is 9.97 Å². The molecule has 0 radical (unpaired) electrons. The molecule has 0 aliphatic carbocycles. The average Bonchev–Trinajstić information content (AvgIpc) is 2.60. The highest BCUT2D eigenvalue weighted by atomic mass is 16.5. The van der Waals surface area contributed by atoms with Gasteiger partial charge >= 0.3 is 0 Å². The molecule has 0 saturated heterocycles. The number of hydrogen-bond acceptors (Lipinski definition) is 4. The molecule has 116 valence electrons. The van der Waals surface area contributed by atoms with Crippen molar-refractivity contribution < 1.29 is 9.47 Å². The Morgan fingerprint density at radius 2 is 1.74 bits per heavy atom. The molecule has 3 aromatic rings. The van der Waals surface area contributed by atoms with Gasteiger partial charge in [0.15, 0.2) is 0 Å². The van der Waals surface area contributed by atoms with E-state index >= 15 is 0 Å². The van der Waals surface area contributed by atoms with Crippen LogP contribution in [0.15, 0.2) is 60.9 Å². The predicted octanol–water partition coefficient (Wildman–Crippen LogP) is 4.04. The Hall–Kier alpha value is -2.88. The second-order valence-electron chi connectivity index (χ2n) is 5.18. The highest BCUT2D eigenvalue weighted by Crippen LogP contribution is 2.28. The first kappa shape index (κ1) is 15.0. The molecule has 0 bridgehead atoms. The first-order valence-corrected chi connectivity index (χ1v) is 7.40. The molecule has 0 saturated carbocycles. The van der Waals surface area contributed by atoms with E-state index in [0.29, 0.717) is 6.61 Å². The Balaban J connectivity index is 1.80. The molecule has 0 fully saturated rings. The molecule has 0 spiro atoms. The number of aromatic nitrogens is 2. The monoisotopic (exact) mass is 306 g/mol. The van der Waals surface area contributed by atoms with Crippen LogP contribution in [0.1, 0.15) is 11.3 Å². The molecule has 0 N–H and O–H groups in total. The van der Waals surface area contributed by atoms with Gasteiger partial charge in [0.05, 0.1) is 24.7 Å². The maximum Gasteiger partial charge on any atom is 0.129 e. The molecule has 23 heavy (non-hydrogen) atoms. The maximum absolute atomic E-state index is 5.98. The molecule has 0 aliphatic heterocycles. The van der Waals surface area contributed by atoms with Gasteiger partial charge in [0, 0.05) is 11.8 Å². The second kappa shape index (κ2) is 6.92. The van der Waals surface area contributed by atoms with Gasteiger partial charge in [-0.2, -0.15) is 0 Å². The van der Waals surface area contributed by atoms with E-state index in [1.54, 1.807) is 19.5 Å². The summed E-state index contributed by atoms with van der Waals surface area (Å²) in [5, 5.41) is 0. The van der Waals surface area contributed by atoms with Gasteiger partial charge in [-0.15, -0.1) is 0 Å². The van der Waals surface area contributed by atoms with E-state index in [9.17, 15) is 0 Å². The zero-order valence-electron chi connectivity index (χ0n) is 13.2. The summed E-state index contributed by atoms with van der Waals surface area (Å²) in [6.07, 6.45) is 3.49. The predicted molar refractivity (Wildman–Crippen MR) is 89.5 cm³/mol. The summed E-state index contributed by atoms with van der Waals surface area (Å²) in [6.45, 7) is 2.41. The Bertz CT molecular complexity index is 785. The van der Waals surface area contributed by atoms with Crippen LogP contribution in [0.2, 0.25) is 0 Å². The van der Waals surface area contributed by atoms with Gasteiger partial charge < -0.3 is 9.47 Å².